The normalized spacial score (nSPS) is 13.9. The van der Waals surface area contributed by atoms with Gasteiger partial charge in [-0.25, -0.2) is 4.79 Å². The van der Waals surface area contributed by atoms with Gasteiger partial charge in [0.25, 0.3) is 0 Å². The Balaban J connectivity index is 0.000000255. The first-order chi connectivity index (χ1) is 18.6. The van der Waals surface area contributed by atoms with E-state index < -0.39 is 24.0 Å². The zero-order valence-corrected chi connectivity index (χ0v) is 21.4. The quantitative estimate of drug-likeness (QED) is 0.246. The summed E-state index contributed by atoms with van der Waals surface area (Å²) >= 11 is 0. The smallest absolute Gasteiger partial charge is 0.412 e. The third-order valence-electron chi connectivity index (χ3n) is 6.26. The van der Waals surface area contributed by atoms with Crippen molar-refractivity contribution in [1.82, 2.24) is 5.32 Å². The van der Waals surface area contributed by atoms with Crippen molar-refractivity contribution in [2.45, 2.75) is 50.6 Å². The Morgan fingerprint density at radius 3 is 2.21 bits per heavy atom. The predicted octanol–water partition coefficient (Wildman–Crippen LogP) is 3.93. The number of amides is 2. The van der Waals surface area contributed by atoms with Crippen molar-refractivity contribution in [3.63, 3.8) is 0 Å². The molecule has 1 aliphatic carbocycles. The minimum absolute atomic E-state index is 0.114. The molecule has 1 atom stereocenters. The van der Waals surface area contributed by atoms with Gasteiger partial charge < -0.3 is 36.8 Å². The average molecular weight is 536 g/mol. The van der Waals surface area contributed by atoms with Gasteiger partial charge in [0.05, 0.1) is 0 Å². The number of rotatable bonds is 7. The van der Waals surface area contributed by atoms with Crippen molar-refractivity contribution in [2.75, 3.05) is 0 Å². The first-order valence-corrected chi connectivity index (χ1v) is 12.6. The Labute approximate surface area is 226 Å². The molecule has 1 aliphatic rings. The lowest BCUT2D eigenvalue weighted by atomic mass is 9.96. The van der Waals surface area contributed by atoms with Gasteiger partial charge in [0.15, 0.2) is 11.5 Å². The average Bonchev–Trinajstić information content (AvgIpc) is 2.92. The fourth-order valence-corrected chi connectivity index (χ4v) is 4.18. The van der Waals surface area contributed by atoms with Gasteiger partial charge in [0, 0.05) is 11.6 Å². The highest BCUT2D eigenvalue weighted by molar-refractivity contribution is 5.94. The van der Waals surface area contributed by atoms with Crippen LogP contribution in [0.2, 0.25) is 0 Å². The number of aromatic hydroxyl groups is 2. The number of carbonyl (C=O) groups excluding carboxylic acids is 2. The van der Waals surface area contributed by atoms with Crippen LogP contribution in [0, 0.1) is 0 Å². The Morgan fingerprint density at radius 2 is 1.56 bits per heavy atom. The van der Waals surface area contributed by atoms with Crippen LogP contribution >= 0.6 is 0 Å². The van der Waals surface area contributed by atoms with Gasteiger partial charge in [-0.1, -0.05) is 49.6 Å². The summed E-state index contributed by atoms with van der Waals surface area (Å²) in [6.07, 6.45) is 5.25. The van der Waals surface area contributed by atoms with Crippen molar-refractivity contribution < 1.29 is 34.4 Å². The number of hydrogen-bond donors (Lipinski definition) is 6. The van der Waals surface area contributed by atoms with Gasteiger partial charge in [-0.15, -0.1) is 0 Å². The lowest BCUT2D eigenvalue weighted by molar-refractivity contribution is -0.138. The summed E-state index contributed by atoms with van der Waals surface area (Å²) in [4.78, 5) is 33.8. The number of hydrogen-bond acceptors (Lipinski definition) is 7. The van der Waals surface area contributed by atoms with E-state index >= 15 is 0 Å². The number of benzene rings is 3. The monoisotopic (exact) mass is 535 g/mol. The summed E-state index contributed by atoms with van der Waals surface area (Å²) in [6.45, 7) is 0. The van der Waals surface area contributed by atoms with E-state index in [1.54, 1.807) is 30.3 Å². The SMILES string of the molecule is NC(=O)c1cccc(-c2cccc(OC(=O)NC3CCCCC3)c2)c1.N[C@@H](Cc1ccc(O)c(O)c1)C(=O)O. The summed E-state index contributed by atoms with van der Waals surface area (Å²) < 4.78 is 5.42. The number of phenols is 2. The van der Waals surface area contributed by atoms with Crippen molar-refractivity contribution in [2.24, 2.45) is 11.5 Å². The summed E-state index contributed by atoms with van der Waals surface area (Å²) in [5.74, 6) is -1.62. The first-order valence-electron chi connectivity index (χ1n) is 12.6. The van der Waals surface area contributed by atoms with Crippen LogP contribution in [0.1, 0.15) is 48.0 Å². The number of aliphatic carboxylic acids is 1. The van der Waals surface area contributed by atoms with Gasteiger partial charge in [0.2, 0.25) is 5.91 Å². The third kappa shape index (κ3) is 9.04. The third-order valence-corrected chi connectivity index (χ3v) is 6.26. The highest BCUT2D eigenvalue weighted by atomic mass is 16.6. The summed E-state index contributed by atoms with van der Waals surface area (Å²) in [5.41, 5.74) is 13.3. The van der Waals surface area contributed by atoms with Gasteiger partial charge in [-0.3, -0.25) is 9.59 Å². The van der Waals surface area contributed by atoms with Crippen LogP contribution in [0.3, 0.4) is 0 Å². The van der Waals surface area contributed by atoms with Crippen molar-refractivity contribution in [1.29, 1.82) is 0 Å². The molecule has 0 bridgehead atoms. The molecule has 206 valence electrons. The van der Waals surface area contributed by atoms with Gasteiger partial charge >= 0.3 is 12.1 Å². The van der Waals surface area contributed by atoms with E-state index in [9.17, 15) is 14.4 Å². The largest absolute Gasteiger partial charge is 0.504 e. The molecule has 0 spiro atoms. The van der Waals surface area contributed by atoms with E-state index in [4.69, 9.17) is 31.5 Å². The fraction of sp³-hybridized carbons (Fsp3) is 0.276. The number of carboxylic acid groups (broad SMARTS) is 1. The fourth-order valence-electron chi connectivity index (χ4n) is 4.18. The maximum absolute atomic E-state index is 12.1. The molecule has 2 amide bonds. The molecule has 0 aromatic heterocycles. The zero-order chi connectivity index (χ0) is 28.4. The second kappa shape index (κ2) is 13.8. The van der Waals surface area contributed by atoms with Crippen molar-refractivity contribution in [3.8, 4) is 28.4 Å². The Hall–Kier alpha value is -4.57. The lowest BCUT2D eigenvalue weighted by Crippen LogP contribution is -2.37. The second-order valence-corrected chi connectivity index (χ2v) is 9.31. The van der Waals surface area contributed by atoms with E-state index in [-0.39, 0.29) is 24.0 Å². The number of primary amides is 1. The van der Waals surface area contributed by atoms with Gasteiger partial charge in [-0.05, 0) is 72.4 Å². The van der Waals surface area contributed by atoms with Crippen LogP contribution in [0.4, 0.5) is 4.79 Å². The topological polar surface area (TPSA) is 185 Å². The molecular formula is C29H33N3O7. The van der Waals surface area contributed by atoms with Gasteiger partial charge in [-0.2, -0.15) is 0 Å². The number of carbonyl (C=O) groups is 3. The molecule has 8 N–H and O–H groups in total. The molecule has 3 aromatic rings. The molecule has 0 saturated heterocycles. The zero-order valence-electron chi connectivity index (χ0n) is 21.4. The number of phenolic OH excluding ortho intramolecular Hbond substituents is 2. The van der Waals surface area contributed by atoms with E-state index in [1.807, 2.05) is 18.2 Å². The Kier molecular flexibility index (Phi) is 10.3. The molecule has 0 radical (unpaired) electrons. The molecule has 10 nitrogen and oxygen atoms in total. The molecule has 10 heteroatoms. The van der Waals surface area contributed by atoms with E-state index in [0.29, 0.717) is 16.9 Å². The van der Waals surface area contributed by atoms with Crippen LogP contribution < -0.4 is 21.5 Å². The molecule has 4 rings (SSSR count). The first kappa shape index (κ1) is 29.0. The number of nitrogens with one attached hydrogen (secondary N) is 1. The van der Waals surface area contributed by atoms with Crippen molar-refractivity contribution >= 4 is 18.0 Å². The highest BCUT2D eigenvalue weighted by Gasteiger charge is 2.17. The van der Waals surface area contributed by atoms with Crippen LogP contribution in [-0.2, 0) is 11.2 Å². The minimum Gasteiger partial charge on any atom is -0.504 e. The minimum atomic E-state index is -1.10. The molecule has 0 unspecified atom stereocenters. The molecule has 39 heavy (non-hydrogen) atoms. The second-order valence-electron chi connectivity index (χ2n) is 9.31. The molecular weight excluding hydrogens is 502 g/mol. The maximum atomic E-state index is 12.1. The van der Waals surface area contributed by atoms with E-state index in [1.165, 1.54) is 24.6 Å². The summed E-state index contributed by atoms with van der Waals surface area (Å²) in [6, 6.07) is 17.6. The molecule has 1 fully saturated rings. The number of ether oxygens (including phenoxy) is 1. The maximum Gasteiger partial charge on any atom is 0.412 e. The van der Waals surface area contributed by atoms with E-state index in [2.05, 4.69) is 5.32 Å². The highest BCUT2D eigenvalue weighted by Crippen LogP contribution is 2.26. The van der Waals surface area contributed by atoms with Crippen LogP contribution in [0.15, 0.2) is 66.7 Å². The predicted molar refractivity (Wildman–Crippen MR) is 146 cm³/mol. The Morgan fingerprint density at radius 1 is 0.897 bits per heavy atom. The van der Waals surface area contributed by atoms with Crippen LogP contribution in [0.5, 0.6) is 17.2 Å². The van der Waals surface area contributed by atoms with E-state index in [0.717, 1.165) is 36.8 Å². The summed E-state index contributed by atoms with van der Waals surface area (Å²) in [7, 11) is 0. The molecule has 1 saturated carbocycles. The van der Waals surface area contributed by atoms with Crippen LogP contribution in [-0.4, -0.2) is 45.4 Å². The van der Waals surface area contributed by atoms with Crippen molar-refractivity contribution in [3.05, 3.63) is 77.9 Å². The van der Waals surface area contributed by atoms with Gasteiger partial charge in [0.1, 0.15) is 11.8 Å². The molecule has 0 aliphatic heterocycles. The number of nitrogens with two attached hydrogens (primary N) is 2. The lowest BCUT2D eigenvalue weighted by Gasteiger charge is -2.22. The standard InChI is InChI=1S/C20H22N2O3.C9H11NO4/c21-19(23)16-8-4-6-14(12-16)15-7-5-11-18(13-15)25-20(24)22-17-9-2-1-3-10-17;10-6(9(13)14)3-5-1-2-7(11)8(12)4-5/h4-8,11-13,17H,1-3,9-10H2,(H2,21,23)(H,22,24);1-2,4,6,11-12H,3,10H2,(H,13,14)/t;6-/m.0/s1. The van der Waals surface area contributed by atoms with Crippen LogP contribution in [0.25, 0.3) is 11.1 Å². The summed E-state index contributed by atoms with van der Waals surface area (Å²) in [5, 5.41) is 29.6. The number of carboxylic acids is 1. The Bertz CT molecular complexity index is 1310. The molecule has 3 aromatic carbocycles. The molecule has 0 heterocycles.